The van der Waals surface area contributed by atoms with Gasteiger partial charge in [-0.15, -0.1) is 0 Å². The maximum absolute atomic E-state index is 13.4. The molecule has 0 saturated carbocycles. The molecule has 0 aliphatic carbocycles. The van der Waals surface area contributed by atoms with E-state index < -0.39 is 61.2 Å². The van der Waals surface area contributed by atoms with Crippen LogP contribution >= 0.6 is 0 Å². The van der Waals surface area contributed by atoms with Crippen LogP contribution in [0.15, 0.2) is 51.9 Å². The van der Waals surface area contributed by atoms with E-state index in [1.54, 1.807) is 18.2 Å². The van der Waals surface area contributed by atoms with Gasteiger partial charge in [-0.25, -0.2) is 0 Å². The molecule has 1 saturated heterocycles. The summed E-state index contributed by atoms with van der Waals surface area (Å²) in [4.78, 5) is 61.1. The summed E-state index contributed by atoms with van der Waals surface area (Å²) < 4.78 is 50.3. The third kappa shape index (κ3) is 7.17. The third-order valence-corrected chi connectivity index (χ3v) is 6.80. The van der Waals surface area contributed by atoms with Crippen molar-refractivity contribution in [2.75, 3.05) is 19.8 Å². The zero-order valence-corrected chi connectivity index (χ0v) is 24.8. The molecule has 0 unspecified atom stereocenters. The largest absolute Gasteiger partial charge is 0.486 e. The van der Waals surface area contributed by atoms with E-state index in [9.17, 15) is 24.0 Å². The topological polar surface area (TPSA) is 172 Å². The van der Waals surface area contributed by atoms with E-state index in [1.165, 1.54) is 31.4 Å². The van der Waals surface area contributed by atoms with E-state index in [1.807, 2.05) is 0 Å². The van der Waals surface area contributed by atoms with Gasteiger partial charge in [0.05, 0.1) is 10.9 Å². The molecule has 0 spiro atoms. The first-order valence-corrected chi connectivity index (χ1v) is 13.9. The molecule has 45 heavy (non-hydrogen) atoms. The smallest absolute Gasteiger partial charge is 0.303 e. The van der Waals surface area contributed by atoms with Crippen LogP contribution in [0.25, 0.3) is 22.1 Å². The Bertz CT molecular complexity index is 1680. The molecule has 14 heteroatoms. The zero-order valence-electron chi connectivity index (χ0n) is 24.8. The van der Waals surface area contributed by atoms with Crippen LogP contribution in [0.4, 0.5) is 0 Å². The van der Waals surface area contributed by atoms with Crippen LogP contribution in [0.3, 0.4) is 0 Å². The van der Waals surface area contributed by atoms with Gasteiger partial charge in [-0.05, 0) is 29.8 Å². The second kappa shape index (κ2) is 13.3. The molecule has 0 N–H and O–H groups in total. The highest BCUT2D eigenvalue weighted by Gasteiger charge is 2.53. The molecule has 0 radical (unpaired) electrons. The van der Waals surface area contributed by atoms with Crippen molar-refractivity contribution < 1.29 is 61.5 Å². The van der Waals surface area contributed by atoms with Crippen LogP contribution in [0.5, 0.6) is 17.2 Å². The van der Waals surface area contributed by atoms with Gasteiger partial charge < -0.3 is 42.3 Å². The number of hydrogen-bond acceptors (Lipinski definition) is 14. The minimum atomic E-state index is -1.45. The van der Waals surface area contributed by atoms with Crippen molar-refractivity contribution >= 4 is 34.8 Å². The number of hydrogen-bond donors (Lipinski definition) is 0. The van der Waals surface area contributed by atoms with Crippen molar-refractivity contribution in [2.24, 2.45) is 0 Å². The molecule has 0 amide bonds. The molecule has 1 aromatic heterocycles. The van der Waals surface area contributed by atoms with Crippen molar-refractivity contribution in [3.63, 3.8) is 0 Å². The fourth-order valence-corrected chi connectivity index (χ4v) is 5.01. The van der Waals surface area contributed by atoms with Crippen LogP contribution in [-0.2, 0) is 42.9 Å². The van der Waals surface area contributed by atoms with Gasteiger partial charge in [0.2, 0.25) is 12.4 Å². The van der Waals surface area contributed by atoms with Crippen molar-refractivity contribution in [2.45, 2.75) is 58.4 Å². The van der Waals surface area contributed by atoms with Crippen LogP contribution in [0, 0.1) is 0 Å². The number of carbonyl (C=O) groups excluding carboxylic acids is 4. The highest BCUT2D eigenvalue weighted by Crippen LogP contribution is 2.35. The summed E-state index contributed by atoms with van der Waals surface area (Å²) in [6.07, 6.45) is -5.49. The normalized spacial score (nSPS) is 22.2. The summed E-state index contributed by atoms with van der Waals surface area (Å²) in [7, 11) is 0. The molecule has 1 fully saturated rings. The van der Waals surface area contributed by atoms with Gasteiger partial charge in [-0.1, -0.05) is 6.07 Å². The van der Waals surface area contributed by atoms with E-state index >= 15 is 0 Å². The molecule has 2 aliphatic rings. The van der Waals surface area contributed by atoms with Crippen molar-refractivity contribution in [3.8, 4) is 28.4 Å². The van der Waals surface area contributed by atoms with Gasteiger partial charge in [0.15, 0.2) is 29.1 Å². The lowest BCUT2D eigenvalue weighted by atomic mass is 9.98. The lowest BCUT2D eigenvalue weighted by molar-refractivity contribution is -0.288. The van der Waals surface area contributed by atoms with Crippen LogP contribution in [0.1, 0.15) is 27.7 Å². The first-order valence-electron chi connectivity index (χ1n) is 13.9. The fourth-order valence-electron chi connectivity index (χ4n) is 5.01. The highest BCUT2D eigenvalue weighted by atomic mass is 16.7. The standard InChI is InChI=1S/C31H30O14/c1-15(32)39-14-26-28(41-16(2)33)29(42-17(3)34)30(43-18(4)35)31(45-26)44-20-6-7-21-24(12-20)40-13-22(27(21)36)19-5-8-23-25(11-19)38-10-9-37-23/h5-8,11-13,26,28-31H,9-10,14H2,1-4H3/t26-,28-,29+,30-,31+/m0/s1. The molecule has 238 valence electrons. The second-order valence-corrected chi connectivity index (χ2v) is 10.2. The zero-order chi connectivity index (χ0) is 32.2. The maximum atomic E-state index is 13.4. The maximum Gasteiger partial charge on any atom is 0.303 e. The molecule has 0 bridgehead atoms. The summed E-state index contributed by atoms with van der Waals surface area (Å²) >= 11 is 0. The quantitative estimate of drug-likeness (QED) is 0.264. The predicted molar refractivity (Wildman–Crippen MR) is 151 cm³/mol. The van der Waals surface area contributed by atoms with Gasteiger partial charge in [-0.2, -0.15) is 0 Å². The molecule has 3 aromatic rings. The molecule has 5 atom stereocenters. The minimum absolute atomic E-state index is 0.124. The Kier molecular flexibility index (Phi) is 9.23. The molecule has 5 rings (SSSR count). The molecular formula is C31H30O14. The lowest BCUT2D eigenvalue weighted by Crippen LogP contribution is -2.63. The number of benzene rings is 2. The van der Waals surface area contributed by atoms with E-state index in [0.717, 1.165) is 20.8 Å². The van der Waals surface area contributed by atoms with Crippen LogP contribution in [-0.4, -0.2) is 74.4 Å². The van der Waals surface area contributed by atoms with Crippen LogP contribution in [0.2, 0.25) is 0 Å². The van der Waals surface area contributed by atoms with E-state index in [-0.39, 0.29) is 22.1 Å². The Labute approximate surface area is 256 Å². The third-order valence-electron chi connectivity index (χ3n) is 6.80. The number of rotatable bonds is 8. The molecule has 2 aliphatic heterocycles. The minimum Gasteiger partial charge on any atom is -0.486 e. The second-order valence-electron chi connectivity index (χ2n) is 10.2. The Balaban J connectivity index is 1.47. The highest BCUT2D eigenvalue weighted by molar-refractivity contribution is 5.83. The lowest BCUT2D eigenvalue weighted by Gasteiger charge is -2.43. The van der Waals surface area contributed by atoms with Crippen molar-refractivity contribution in [1.82, 2.24) is 0 Å². The predicted octanol–water partition coefficient (Wildman–Crippen LogP) is 2.69. The summed E-state index contributed by atoms with van der Waals surface area (Å²) in [6, 6.07) is 9.54. The van der Waals surface area contributed by atoms with Gasteiger partial charge in [-0.3, -0.25) is 24.0 Å². The Morgan fingerprint density at radius 1 is 0.778 bits per heavy atom. The average molecular weight is 627 g/mol. The van der Waals surface area contributed by atoms with Gasteiger partial charge in [0.1, 0.15) is 43.5 Å². The summed E-state index contributed by atoms with van der Waals surface area (Å²) in [5.74, 6) is -1.73. The van der Waals surface area contributed by atoms with E-state index in [0.29, 0.717) is 35.8 Å². The fraction of sp³-hybridized carbons (Fsp3) is 0.387. The summed E-state index contributed by atoms with van der Waals surface area (Å²) in [6.45, 7) is 4.96. The number of ether oxygens (including phenoxy) is 8. The Hall–Kier alpha value is -5.11. The monoisotopic (exact) mass is 626 g/mol. The number of carbonyl (C=O) groups is 4. The van der Waals surface area contributed by atoms with Crippen molar-refractivity contribution in [3.05, 3.63) is 52.9 Å². The first-order chi connectivity index (χ1) is 21.5. The number of esters is 4. The van der Waals surface area contributed by atoms with Gasteiger partial charge in [0, 0.05) is 33.8 Å². The summed E-state index contributed by atoms with van der Waals surface area (Å²) in [5.41, 5.74) is 0.733. The Morgan fingerprint density at radius 2 is 1.44 bits per heavy atom. The van der Waals surface area contributed by atoms with Crippen LogP contribution < -0.4 is 19.6 Å². The molecule has 2 aromatic carbocycles. The number of fused-ring (bicyclic) bond motifs is 2. The first kappa shape index (κ1) is 31.3. The molecule has 3 heterocycles. The molecular weight excluding hydrogens is 596 g/mol. The van der Waals surface area contributed by atoms with Crippen molar-refractivity contribution in [1.29, 1.82) is 0 Å². The van der Waals surface area contributed by atoms with Gasteiger partial charge in [0.25, 0.3) is 0 Å². The molecule has 14 nitrogen and oxygen atoms in total. The Morgan fingerprint density at radius 3 is 2.13 bits per heavy atom. The summed E-state index contributed by atoms with van der Waals surface area (Å²) in [5, 5.41) is 0.247. The SMILES string of the molecule is CC(=O)OC[C@@H]1O[C@@H](Oc2ccc3c(=O)c(-c4ccc5c(c4)OCCO5)coc3c2)[C@@H](OC(C)=O)[C@H](OC(C)=O)[C@H]1OC(C)=O. The average Bonchev–Trinajstić information content (AvgIpc) is 2.98. The van der Waals surface area contributed by atoms with E-state index in [4.69, 9.17) is 42.3 Å². The van der Waals surface area contributed by atoms with Gasteiger partial charge >= 0.3 is 23.9 Å². The van der Waals surface area contributed by atoms with E-state index in [2.05, 4.69) is 0 Å².